The van der Waals surface area contributed by atoms with Gasteiger partial charge >= 0.3 is 0 Å². The van der Waals surface area contributed by atoms with Crippen molar-refractivity contribution in [1.29, 1.82) is 0 Å². The molecule has 0 aliphatic carbocycles. The molecule has 0 atom stereocenters. The molecule has 0 aliphatic heterocycles. The van der Waals surface area contributed by atoms with Gasteiger partial charge in [-0.25, -0.2) is 0 Å². The van der Waals surface area contributed by atoms with E-state index >= 15 is 0 Å². The molecule has 0 spiro atoms. The van der Waals surface area contributed by atoms with Crippen molar-refractivity contribution in [3.05, 3.63) is 23.8 Å². The summed E-state index contributed by atoms with van der Waals surface area (Å²) in [5, 5.41) is 3.07. The molecule has 1 rings (SSSR count). The zero-order chi connectivity index (χ0) is 8.97. The summed E-state index contributed by atoms with van der Waals surface area (Å²) in [4.78, 5) is 0. The molecular formula is C10H15NO. The molecule has 0 aromatic heterocycles. The summed E-state index contributed by atoms with van der Waals surface area (Å²) in [7, 11) is 1.90. The number of rotatable bonds is 3. The highest BCUT2D eigenvalue weighted by molar-refractivity contribution is 5.50. The van der Waals surface area contributed by atoms with Gasteiger partial charge in [0, 0.05) is 18.8 Å². The normalized spacial score (nSPS) is 9.58. The second kappa shape index (κ2) is 4.00. The SMILES string of the molecule is CCOc1cc(NC)ccc1C. The summed E-state index contributed by atoms with van der Waals surface area (Å²) in [6.45, 7) is 4.75. The van der Waals surface area contributed by atoms with Gasteiger partial charge in [0.1, 0.15) is 5.75 Å². The molecule has 0 saturated carbocycles. The maximum atomic E-state index is 5.44. The maximum Gasteiger partial charge on any atom is 0.124 e. The number of aryl methyl sites for hydroxylation is 1. The van der Waals surface area contributed by atoms with Crippen molar-refractivity contribution >= 4 is 5.69 Å². The lowest BCUT2D eigenvalue weighted by Crippen LogP contribution is -1.95. The van der Waals surface area contributed by atoms with Crippen LogP contribution >= 0.6 is 0 Å². The highest BCUT2D eigenvalue weighted by Gasteiger charge is 1.98. The van der Waals surface area contributed by atoms with E-state index in [1.54, 1.807) is 0 Å². The molecular weight excluding hydrogens is 150 g/mol. The average molecular weight is 165 g/mol. The van der Waals surface area contributed by atoms with Crippen LogP contribution in [-0.4, -0.2) is 13.7 Å². The lowest BCUT2D eigenvalue weighted by Gasteiger charge is -2.08. The van der Waals surface area contributed by atoms with Crippen LogP contribution in [0.3, 0.4) is 0 Å². The van der Waals surface area contributed by atoms with Gasteiger partial charge in [-0.05, 0) is 25.5 Å². The van der Waals surface area contributed by atoms with E-state index in [4.69, 9.17) is 4.74 Å². The number of benzene rings is 1. The molecule has 0 fully saturated rings. The Morgan fingerprint density at radius 3 is 2.75 bits per heavy atom. The molecule has 0 radical (unpaired) electrons. The first kappa shape index (κ1) is 8.91. The lowest BCUT2D eigenvalue weighted by molar-refractivity contribution is 0.338. The summed E-state index contributed by atoms with van der Waals surface area (Å²) < 4.78 is 5.44. The van der Waals surface area contributed by atoms with Gasteiger partial charge in [-0.15, -0.1) is 0 Å². The molecule has 1 aromatic carbocycles. The largest absolute Gasteiger partial charge is 0.494 e. The Hall–Kier alpha value is -1.18. The monoisotopic (exact) mass is 165 g/mol. The molecule has 1 aromatic rings. The molecule has 0 bridgehead atoms. The Balaban J connectivity index is 2.91. The molecule has 2 heteroatoms. The molecule has 0 aliphatic rings. The van der Waals surface area contributed by atoms with Crippen LogP contribution in [0.1, 0.15) is 12.5 Å². The van der Waals surface area contributed by atoms with E-state index in [2.05, 4.69) is 11.4 Å². The summed E-state index contributed by atoms with van der Waals surface area (Å²) in [6.07, 6.45) is 0. The predicted molar refractivity (Wildman–Crippen MR) is 51.9 cm³/mol. The van der Waals surface area contributed by atoms with Crippen LogP contribution in [0.2, 0.25) is 0 Å². The van der Waals surface area contributed by atoms with Gasteiger partial charge in [0.2, 0.25) is 0 Å². The maximum absolute atomic E-state index is 5.44. The first-order valence-electron chi connectivity index (χ1n) is 4.19. The molecule has 0 unspecified atom stereocenters. The van der Waals surface area contributed by atoms with E-state index in [-0.39, 0.29) is 0 Å². The minimum absolute atomic E-state index is 0.716. The highest BCUT2D eigenvalue weighted by Crippen LogP contribution is 2.21. The van der Waals surface area contributed by atoms with Gasteiger partial charge < -0.3 is 10.1 Å². The summed E-state index contributed by atoms with van der Waals surface area (Å²) in [5.41, 5.74) is 2.26. The van der Waals surface area contributed by atoms with Gasteiger partial charge in [0.05, 0.1) is 6.61 Å². The van der Waals surface area contributed by atoms with Crippen LogP contribution in [-0.2, 0) is 0 Å². The van der Waals surface area contributed by atoms with Crippen molar-refractivity contribution in [2.45, 2.75) is 13.8 Å². The van der Waals surface area contributed by atoms with E-state index in [9.17, 15) is 0 Å². The third-order valence-electron chi connectivity index (χ3n) is 1.78. The molecule has 66 valence electrons. The molecule has 12 heavy (non-hydrogen) atoms. The van der Waals surface area contributed by atoms with Crippen molar-refractivity contribution in [2.24, 2.45) is 0 Å². The Morgan fingerprint density at radius 2 is 2.17 bits per heavy atom. The Labute approximate surface area is 73.6 Å². The molecule has 0 heterocycles. The standard InChI is InChI=1S/C10H15NO/c1-4-12-10-7-9(11-3)6-5-8(10)2/h5-7,11H,4H2,1-3H3. The smallest absolute Gasteiger partial charge is 0.124 e. The summed E-state index contributed by atoms with van der Waals surface area (Å²) in [6, 6.07) is 6.10. The Bertz CT molecular complexity index is 258. The first-order valence-corrected chi connectivity index (χ1v) is 4.19. The number of hydrogen-bond acceptors (Lipinski definition) is 2. The van der Waals surface area contributed by atoms with Gasteiger partial charge in [0.15, 0.2) is 0 Å². The number of ether oxygens (including phenoxy) is 1. The van der Waals surface area contributed by atoms with Crippen molar-refractivity contribution in [2.75, 3.05) is 19.0 Å². The fraction of sp³-hybridized carbons (Fsp3) is 0.400. The minimum Gasteiger partial charge on any atom is -0.494 e. The Kier molecular flexibility index (Phi) is 2.97. The van der Waals surface area contributed by atoms with Crippen LogP contribution in [0.25, 0.3) is 0 Å². The van der Waals surface area contributed by atoms with E-state index in [0.717, 1.165) is 11.4 Å². The second-order valence-corrected chi connectivity index (χ2v) is 2.66. The van der Waals surface area contributed by atoms with Crippen LogP contribution in [0.5, 0.6) is 5.75 Å². The van der Waals surface area contributed by atoms with Crippen molar-refractivity contribution in [3.8, 4) is 5.75 Å². The van der Waals surface area contributed by atoms with Crippen LogP contribution < -0.4 is 10.1 Å². The average Bonchev–Trinajstić information content (AvgIpc) is 2.09. The van der Waals surface area contributed by atoms with Gasteiger partial charge in [-0.3, -0.25) is 0 Å². The lowest BCUT2D eigenvalue weighted by atomic mass is 10.2. The fourth-order valence-electron chi connectivity index (χ4n) is 1.07. The quantitative estimate of drug-likeness (QED) is 0.742. The van der Waals surface area contributed by atoms with Crippen molar-refractivity contribution < 1.29 is 4.74 Å². The zero-order valence-corrected chi connectivity index (χ0v) is 7.85. The van der Waals surface area contributed by atoms with Crippen LogP contribution in [0, 0.1) is 6.92 Å². The number of anilines is 1. The highest BCUT2D eigenvalue weighted by atomic mass is 16.5. The third-order valence-corrected chi connectivity index (χ3v) is 1.78. The van der Waals surface area contributed by atoms with Crippen LogP contribution in [0.4, 0.5) is 5.69 Å². The summed E-state index contributed by atoms with van der Waals surface area (Å²) >= 11 is 0. The zero-order valence-electron chi connectivity index (χ0n) is 7.85. The molecule has 0 saturated heterocycles. The van der Waals surface area contributed by atoms with Crippen molar-refractivity contribution in [1.82, 2.24) is 0 Å². The second-order valence-electron chi connectivity index (χ2n) is 2.66. The molecule has 0 amide bonds. The van der Waals surface area contributed by atoms with E-state index < -0.39 is 0 Å². The van der Waals surface area contributed by atoms with E-state index in [0.29, 0.717) is 6.61 Å². The topological polar surface area (TPSA) is 21.3 Å². The summed E-state index contributed by atoms with van der Waals surface area (Å²) in [5.74, 6) is 0.962. The van der Waals surface area contributed by atoms with Crippen molar-refractivity contribution in [3.63, 3.8) is 0 Å². The fourth-order valence-corrected chi connectivity index (χ4v) is 1.07. The van der Waals surface area contributed by atoms with E-state index in [1.165, 1.54) is 5.56 Å². The van der Waals surface area contributed by atoms with Gasteiger partial charge in [-0.2, -0.15) is 0 Å². The molecule has 1 N–H and O–H groups in total. The van der Waals surface area contributed by atoms with E-state index in [1.807, 2.05) is 33.0 Å². The predicted octanol–water partition coefficient (Wildman–Crippen LogP) is 2.44. The van der Waals surface area contributed by atoms with Crippen LogP contribution in [0.15, 0.2) is 18.2 Å². The third kappa shape index (κ3) is 1.91. The Morgan fingerprint density at radius 1 is 1.42 bits per heavy atom. The first-order chi connectivity index (χ1) is 5.77. The van der Waals surface area contributed by atoms with Gasteiger partial charge in [-0.1, -0.05) is 6.07 Å². The van der Waals surface area contributed by atoms with Gasteiger partial charge in [0.25, 0.3) is 0 Å². The number of hydrogen-bond donors (Lipinski definition) is 1. The number of nitrogens with one attached hydrogen (secondary N) is 1. The molecule has 2 nitrogen and oxygen atoms in total. The minimum atomic E-state index is 0.716.